The van der Waals surface area contributed by atoms with Gasteiger partial charge in [0.1, 0.15) is 5.60 Å². The van der Waals surface area contributed by atoms with E-state index in [9.17, 15) is 14.4 Å². The Balaban J connectivity index is 1.77. The van der Waals surface area contributed by atoms with E-state index in [1.807, 2.05) is 26.8 Å². The number of hydrogen-bond acceptors (Lipinski definition) is 5. The summed E-state index contributed by atoms with van der Waals surface area (Å²) in [6.07, 6.45) is 5.25. The van der Waals surface area contributed by atoms with Gasteiger partial charge in [0.05, 0.1) is 12.5 Å². The van der Waals surface area contributed by atoms with Gasteiger partial charge in [0.2, 0.25) is 5.91 Å². The zero-order valence-corrected chi connectivity index (χ0v) is 17.7. The van der Waals surface area contributed by atoms with Crippen molar-refractivity contribution >= 4 is 18.0 Å². The summed E-state index contributed by atoms with van der Waals surface area (Å²) in [6, 6.07) is 0. The van der Waals surface area contributed by atoms with Gasteiger partial charge in [-0.3, -0.25) is 9.59 Å². The molecule has 0 aromatic heterocycles. The second-order valence-corrected chi connectivity index (χ2v) is 8.47. The molecule has 2 amide bonds. The zero-order chi connectivity index (χ0) is 20.7. The number of amides is 2. The molecular formula is C21H34N2O5. The molecule has 2 aliphatic heterocycles. The zero-order valence-electron chi connectivity index (χ0n) is 17.7. The van der Waals surface area contributed by atoms with Gasteiger partial charge in [-0.2, -0.15) is 0 Å². The van der Waals surface area contributed by atoms with Gasteiger partial charge in [-0.05, 0) is 53.4 Å². The maximum absolute atomic E-state index is 12.6. The van der Waals surface area contributed by atoms with Crippen molar-refractivity contribution in [2.24, 2.45) is 5.92 Å². The van der Waals surface area contributed by atoms with Crippen LogP contribution < -0.4 is 0 Å². The van der Waals surface area contributed by atoms with Crippen molar-refractivity contribution < 1.29 is 23.9 Å². The summed E-state index contributed by atoms with van der Waals surface area (Å²) in [4.78, 5) is 40.1. The molecule has 0 unspecified atom stereocenters. The molecule has 0 radical (unpaired) electrons. The summed E-state index contributed by atoms with van der Waals surface area (Å²) < 4.78 is 10.5. The van der Waals surface area contributed by atoms with Crippen LogP contribution in [0.4, 0.5) is 4.79 Å². The van der Waals surface area contributed by atoms with Gasteiger partial charge in [-0.15, -0.1) is 0 Å². The van der Waals surface area contributed by atoms with Crippen LogP contribution in [0, 0.1) is 5.92 Å². The molecular weight excluding hydrogens is 360 g/mol. The summed E-state index contributed by atoms with van der Waals surface area (Å²) >= 11 is 0. The van der Waals surface area contributed by atoms with E-state index >= 15 is 0 Å². The van der Waals surface area contributed by atoms with Crippen molar-refractivity contribution in [1.82, 2.24) is 9.80 Å². The standard InChI is InChI=1S/C21H34N2O5/c1-5-27-19(25)17-7-6-12-23(15-17)18(24)9-8-16-10-13-22(14-11-16)20(26)28-21(2,3)4/h10,17H,5-9,11-15H2,1-4H3/t17-/m1/s1. The van der Waals surface area contributed by atoms with Crippen molar-refractivity contribution in [3.63, 3.8) is 0 Å². The molecule has 2 rings (SSSR count). The number of rotatable bonds is 5. The van der Waals surface area contributed by atoms with E-state index in [-0.39, 0.29) is 23.9 Å². The highest BCUT2D eigenvalue weighted by Gasteiger charge is 2.29. The largest absolute Gasteiger partial charge is 0.466 e. The normalized spacial score (nSPS) is 20.4. The van der Waals surface area contributed by atoms with Gasteiger partial charge in [-0.25, -0.2) is 4.79 Å². The average Bonchev–Trinajstić information content (AvgIpc) is 2.65. The lowest BCUT2D eigenvalue weighted by molar-refractivity contribution is -0.151. The third-order valence-corrected chi connectivity index (χ3v) is 5.01. The number of hydrogen-bond donors (Lipinski definition) is 0. The van der Waals surface area contributed by atoms with E-state index in [2.05, 4.69) is 0 Å². The molecule has 0 N–H and O–H groups in total. The van der Waals surface area contributed by atoms with Gasteiger partial charge in [0.25, 0.3) is 0 Å². The summed E-state index contributed by atoms with van der Waals surface area (Å²) in [6.45, 7) is 10.0. The lowest BCUT2D eigenvalue weighted by Gasteiger charge is -2.32. The van der Waals surface area contributed by atoms with Crippen LogP contribution in [0.5, 0.6) is 0 Å². The molecule has 158 valence electrons. The fraction of sp³-hybridized carbons (Fsp3) is 0.762. The summed E-state index contributed by atoms with van der Waals surface area (Å²) in [7, 11) is 0. The number of ether oxygens (including phenoxy) is 2. The Morgan fingerprint density at radius 2 is 1.93 bits per heavy atom. The molecule has 1 fully saturated rings. The topological polar surface area (TPSA) is 76.2 Å². The third-order valence-electron chi connectivity index (χ3n) is 5.01. The first-order valence-electron chi connectivity index (χ1n) is 10.3. The third kappa shape index (κ3) is 6.84. The maximum Gasteiger partial charge on any atom is 0.410 e. The smallest absolute Gasteiger partial charge is 0.410 e. The molecule has 1 atom stereocenters. The van der Waals surface area contributed by atoms with Gasteiger partial charge in [-0.1, -0.05) is 11.6 Å². The van der Waals surface area contributed by atoms with Crippen molar-refractivity contribution in [3.8, 4) is 0 Å². The van der Waals surface area contributed by atoms with Crippen LogP contribution in [0.15, 0.2) is 11.6 Å². The Bertz CT molecular complexity index is 608. The number of nitrogens with zero attached hydrogens (tertiary/aromatic N) is 2. The molecule has 0 aromatic rings. The molecule has 0 aromatic carbocycles. The highest BCUT2D eigenvalue weighted by molar-refractivity contribution is 5.78. The quantitative estimate of drug-likeness (QED) is 0.529. The first kappa shape index (κ1) is 22.2. The van der Waals surface area contributed by atoms with Crippen LogP contribution in [0.2, 0.25) is 0 Å². The van der Waals surface area contributed by atoms with Gasteiger partial charge < -0.3 is 19.3 Å². The molecule has 0 aliphatic carbocycles. The first-order valence-corrected chi connectivity index (χ1v) is 10.3. The van der Waals surface area contributed by atoms with E-state index < -0.39 is 5.60 Å². The van der Waals surface area contributed by atoms with Gasteiger partial charge in [0, 0.05) is 32.6 Å². The molecule has 7 heteroatoms. The van der Waals surface area contributed by atoms with E-state index in [1.165, 1.54) is 5.57 Å². The summed E-state index contributed by atoms with van der Waals surface area (Å²) in [5.74, 6) is -0.310. The van der Waals surface area contributed by atoms with E-state index in [1.54, 1.807) is 16.7 Å². The number of carbonyl (C=O) groups excluding carboxylic acids is 3. The Labute approximate surface area is 168 Å². The number of piperidine rings is 1. The Morgan fingerprint density at radius 3 is 2.54 bits per heavy atom. The number of likely N-dealkylation sites (tertiary alicyclic amines) is 1. The molecule has 1 saturated heterocycles. The second kappa shape index (κ2) is 9.94. The fourth-order valence-electron chi connectivity index (χ4n) is 3.51. The van der Waals surface area contributed by atoms with Crippen LogP contribution in [0.25, 0.3) is 0 Å². The lowest BCUT2D eigenvalue weighted by Crippen LogP contribution is -2.42. The van der Waals surface area contributed by atoms with Crippen LogP contribution in [0.1, 0.15) is 59.8 Å². The Hall–Kier alpha value is -2.05. The minimum absolute atomic E-state index is 0.0875. The highest BCUT2D eigenvalue weighted by atomic mass is 16.6. The molecule has 0 spiro atoms. The predicted octanol–water partition coefficient (Wildman–Crippen LogP) is 3.14. The van der Waals surface area contributed by atoms with Crippen molar-refractivity contribution in [2.45, 2.75) is 65.4 Å². The number of carbonyl (C=O) groups is 3. The van der Waals surface area contributed by atoms with E-state index in [0.29, 0.717) is 45.6 Å². The van der Waals surface area contributed by atoms with Crippen LogP contribution in [0.3, 0.4) is 0 Å². The number of esters is 1. The Morgan fingerprint density at radius 1 is 1.18 bits per heavy atom. The van der Waals surface area contributed by atoms with Crippen molar-refractivity contribution in [2.75, 3.05) is 32.8 Å². The first-order chi connectivity index (χ1) is 13.2. The van der Waals surface area contributed by atoms with Gasteiger partial charge >= 0.3 is 12.1 Å². The molecule has 28 heavy (non-hydrogen) atoms. The van der Waals surface area contributed by atoms with Crippen molar-refractivity contribution in [3.05, 3.63) is 11.6 Å². The Kier molecular flexibility index (Phi) is 7.89. The maximum atomic E-state index is 12.6. The van der Waals surface area contributed by atoms with Gasteiger partial charge in [0.15, 0.2) is 0 Å². The monoisotopic (exact) mass is 394 g/mol. The second-order valence-electron chi connectivity index (χ2n) is 8.47. The van der Waals surface area contributed by atoms with Crippen LogP contribution in [-0.4, -0.2) is 66.2 Å². The summed E-state index contributed by atoms with van der Waals surface area (Å²) in [5, 5.41) is 0. The SMILES string of the molecule is CCOC(=O)[C@@H]1CCCN(C(=O)CCC2=CCN(C(=O)OC(C)(C)C)CC2)C1. The molecule has 7 nitrogen and oxygen atoms in total. The lowest BCUT2D eigenvalue weighted by atomic mass is 9.97. The molecule has 0 saturated carbocycles. The molecule has 2 aliphatic rings. The fourth-order valence-corrected chi connectivity index (χ4v) is 3.51. The van der Waals surface area contributed by atoms with Crippen molar-refractivity contribution in [1.29, 1.82) is 0 Å². The molecule has 0 bridgehead atoms. The summed E-state index contributed by atoms with van der Waals surface area (Å²) in [5.41, 5.74) is 0.704. The van der Waals surface area contributed by atoms with Crippen LogP contribution in [-0.2, 0) is 19.1 Å². The minimum Gasteiger partial charge on any atom is -0.466 e. The van der Waals surface area contributed by atoms with E-state index in [0.717, 1.165) is 19.3 Å². The average molecular weight is 395 g/mol. The molecule has 2 heterocycles. The van der Waals surface area contributed by atoms with E-state index in [4.69, 9.17) is 9.47 Å². The predicted molar refractivity (Wildman–Crippen MR) is 106 cm³/mol. The highest BCUT2D eigenvalue weighted by Crippen LogP contribution is 2.22. The minimum atomic E-state index is -0.497. The van der Waals surface area contributed by atoms with Crippen LogP contribution >= 0.6 is 0 Å².